The largest absolute Gasteiger partial charge is 0.354 e. The van der Waals surface area contributed by atoms with Crippen LogP contribution in [0.4, 0.5) is 5.82 Å². The molecule has 128 valence electrons. The van der Waals surface area contributed by atoms with E-state index in [0.29, 0.717) is 18.9 Å². The van der Waals surface area contributed by atoms with Crippen LogP contribution in [0.3, 0.4) is 0 Å². The highest BCUT2D eigenvalue weighted by atomic mass is 16.1. The molecule has 0 aliphatic carbocycles. The summed E-state index contributed by atoms with van der Waals surface area (Å²) in [5, 5.41) is 3.01. The second-order valence-corrected chi connectivity index (χ2v) is 6.65. The van der Waals surface area contributed by atoms with Gasteiger partial charge in [0, 0.05) is 45.3 Å². The van der Waals surface area contributed by atoms with Crippen molar-refractivity contribution in [1.29, 1.82) is 0 Å². The first-order valence-electron chi connectivity index (χ1n) is 8.77. The van der Waals surface area contributed by atoms with Gasteiger partial charge in [0.1, 0.15) is 5.82 Å². The zero-order chi connectivity index (χ0) is 16.7. The molecule has 0 saturated carbocycles. The highest BCUT2D eigenvalue weighted by Crippen LogP contribution is 2.15. The van der Waals surface area contributed by atoms with Crippen LogP contribution >= 0.6 is 0 Å². The summed E-state index contributed by atoms with van der Waals surface area (Å²) in [4.78, 5) is 21.1. The van der Waals surface area contributed by atoms with Gasteiger partial charge in [-0.2, -0.15) is 0 Å². The Morgan fingerprint density at radius 1 is 1.30 bits per heavy atom. The molecule has 0 bridgehead atoms. The molecule has 0 spiro atoms. The first-order valence-corrected chi connectivity index (χ1v) is 8.77. The Bertz CT molecular complexity index is 496. The maximum Gasteiger partial charge on any atom is 0.220 e. The molecule has 2 rings (SSSR count). The molecule has 1 aromatic heterocycles. The lowest BCUT2D eigenvalue weighted by Gasteiger charge is -2.34. The Hall–Kier alpha value is -1.62. The van der Waals surface area contributed by atoms with Crippen LogP contribution in [0.2, 0.25) is 0 Å². The fraction of sp³-hybridized carbons (Fsp3) is 0.667. The molecular weight excluding hydrogens is 288 g/mol. The summed E-state index contributed by atoms with van der Waals surface area (Å²) in [6.45, 7) is 12.4. The number of anilines is 1. The summed E-state index contributed by atoms with van der Waals surface area (Å²) < 4.78 is 0. The first kappa shape index (κ1) is 17.7. The fourth-order valence-electron chi connectivity index (χ4n) is 2.75. The number of likely N-dealkylation sites (N-methyl/N-ethyl adjacent to an activating group) is 1. The molecule has 0 aromatic carbocycles. The summed E-state index contributed by atoms with van der Waals surface area (Å²) >= 11 is 0. The van der Waals surface area contributed by atoms with Gasteiger partial charge in [-0.25, -0.2) is 4.98 Å². The molecule has 1 saturated heterocycles. The lowest BCUT2D eigenvalue weighted by Crippen LogP contribution is -2.46. The van der Waals surface area contributed by atoms with Gasteiger partial charge in [0.15, 0.2) is 0 Å². The number of amides is 1. The van der Waals surface area contributed by atoms with E-state index < -0.39 is 0 Å². The molecule has 2 heterocycles. The van der Waals surface area contributed by atoms with Gasteiger partial charge >= 0.3 is 0 Å². The molecule has 1 N–H and O–H groups in total. The summed E-state index contributed by atoms with van der Waals surface area (Å²) in [6, 6.07) is 4.08. The van der Waals surface area contributed by atoms with E-state index in [9.17, 15) is 4.79 Å². The van der Waals surface area contributed by atoms with Gasteiger partial charge in [-0.15, -0.1) is 0 Å². The number of nitrogens with one attached hydrogen (secondary N) is 1. The van der Waals surface area contributed by atoms with E-state index in [0.717, 1.165) is 50.5 Å². The second kappa shape index (κ2) is 8.87. The quantitative estimate of drug-likeness (QED) is 0.838. The van der Waals surface area contributed by atoms with Gasteiger partial charge in [0.25, 0.3) is 0 Å². The van der Waals surface area contributed by atoms with E-state index in [1.807, 2.05) is 12.3 Å². The van der Waals surface area contributed by atoms with E-state index in [1.165, 1.54) is 0 Å². The van der Waals surface area contributed by atoms with Gasteiger partial charge in [-0.3, -0.25) is 4.79 Å². The number of nitrogens with zero attached hydrogens (tertiary/aromatic N) is 3. The highest BCUT2D eigenvalue weighted by Gasteiger charge is 2.16. The number of pyridine rings is 1. The predicted octanol–water partition coefficient (Wildman–Crippen LogP) is 2.28. The maximum absolute atomic E-state index is 11.8. The van der Waals surface area contributed by atoms with E-state index in [1.54, 1.807) is 0 Å². The summed E-state index contributed by atoms with van der Waals surface area (Å²) in [6.07, 6.45) is 3.39. The van der Waals surface area contributed by atoms with Gasteiger partial charge in [-0.1, -0.05) is 20.8 Å². The van der Waals surface area contributed by atoms with Gasteiger partial charge in [-0.05, 0) is 36.6 Å². The third-order valence-corrected chi connectivity index (χ3v) is 4.39. The Morgan fingerprint density at radius 2 is 2.04 bits per heavy atom. The third-order valence-electron chi connectivity index (χ3n) is 4.39. The molecule has 1 aliphatic heterocycles. The highest BCUT2D eigenvalue weighted by molar-refractivity contribution is 5.75. The summed E-state index contributed by atoms with van der Waals surface area (Å²) in [5.41, 5.74) is 1.12. The molecule has 5 nitrogen and oxygen atoms in total. The van der Waals surface area contributed by atoms with Crippen molar-refractivity contribution in [3.8, 4) is 0 Å². The number of hydrogen-bond acceptors (Lipinski definition) is 4. The average Bonchev–Trinajstić information content (AvgIpc) is 2.58. The molecule has 0 unspecified atom stereocenters. The molecular formula is C18H30N4O. The molecule has 0 radical (unpaired) electrons. The number of rotatable bonds is 7. The topological polar surface area (TPSA) is 48.5 Å². The van der Waals surface area contributed by atoms with Crippen LogP contribution in [0, 0.1) is 5.92 Å². The maximum atomic E-state index is 11.8. The Morgan fingerprint density at radius 3 is 2.70 bits per heavy atom. The van der Waals surface area contributed by atoms with Crippen LogP contribution in [-0.4, -0.2) is 48.5 Å². The van der Waals surface area contributed by atoms with Crippen molar-refractivity contribution in [3.05, 3.63) is 23.9 Å². The first-order chi connectivity index (χ1) is 11.1. The molecule has 1 fully saturated rings. The van der Waals surface area contributed by atoms with E-state index >= 15 is 0 Å². The number of carbonyl (C=O) groups is 1. The van der Waals surface area contributed by atoms with E-state index in [2.05, 4.69) is 46.9 Å². The lowest BCUT2D eigenvalue weighted by molar-refractivity contribution is -0.121. The molecule has 23 heavy (non-hydrogen) atoms. The number of piperazine rings is 1. The predicted molar refractivity (Wildman–Crippen MR) is 94.5 cm³/mol. The number of carbonyl (C=O) groups excluding carboxylic acids is 1. The zero-order valence-electron chi connectivity index (χ0n) is 14.7. The minimum absolute atomic E-state index is 0.133. The minimum Gasteiger partial charge on any atom is -0.354 e. The molecule has 1 aromatic rings. The Labute approximate surface area is 140 Å². The van der Waals surface area contributed by atoms with Crippen molar-refractivity contribution in [2.45, 2.75) is 40.2 Å². The van der Waals surface area contributed by atoms with E-state index in [4.69, 9.17) is 0 Å². The number of hydrogen-bond donors (Lipinski definition) is 1. The Balaban J connectivity index is 1.84. The molecule has 1 amide bonds. The lowest BCUT2D eigenvalue weighted by atomic mass is 10.1. The Kier molecular flexibility index (Phi) is 6.84. The summed E-state index contributed by atoms with van der Waals surface area (Å²) in [7, 11) is 0. The molecule has 0 atom stereocenters. The van der Waals surface area contributed by atoms with Crippen molar-refractivity contribution in [2.24, 2.45) is 5.92 Å². The summed E-state index contributed by atoms with van der Waals surface area (Å²) in [5.74, 6) is 1.72. The SMILES string of the molecule is CCN1CCN(c2cc(CNC(=O)CCC(C)C)ccn2)CC1. The van der Waals surface area contributed by atoms with Crippen molar-refractivity contribution in [1.82, 2.24) is 15.2 Å². The van der Waals surface area contributed by atoms with Crippen LogP contribution in [0.15, 0.2) is 18.3 Å². The monoisotopic (exact) mass is 318 g/mol. The standard InChI is InChI=1S/C18H30N4O/c1-4-21-9-11-22(12-10-21)17-13-16(7-8-19-17)14-20-18(23)6-5-15(2)3/h7-8,13,15H,4-6,9-12,14H2,1-3H3,(H,20,23). The fourth-order valence-corrected chi connectivity index (χ4v) is 2.75. The zero-order valence-corrected chi connectivity index (χ0v) is 14.7. The van der Waals surface area contributed by atoms with Crippen molar-refractivity contribution >= 4 is 11.7 Å². The van der Waals surface area contributed by atoms with Crippen LogP contribution in [0.1, 0.15) is 39.2 Å². The molecule has 5 heteroatoms. The van der Waals surface area contributed by atoms with Crippen molar-refractivity contribution in [2.75, 3.05) is 37.6 Å². The van der Waals surface area contributed by atoms with E-state index in [-0.39, 0.29) is 5.91 Å². The third kappa shape index (κ3) is 5.82. The van der Waals surface area contributed by atoms with Crippen LogP contribution < -0.4 is 10.2 Å². The van der Waals surface area contributed by atoms with Crippen molar-refractivity contribution in [3.63, 3.8) is 0 Å². The second-order valence-electron chi connectivity index (χ2n) is 6.65. The van der Waals surface area contributed by atoms with Crippen LogP contribution in [-0.2, 0) is 11.3 Å². The van der Waals surface area contributed by atoms with Gasteiger partial charge in [0.05, 0.1) is 0 Å². The van der Waals surface area contributed by atoms with Crippen LogP contribution in [0.5, 0.6) is 0 Å². The smallest absolute Gasteiger partial charge is 0.220 e. The van der Waals surface area contributed by atoms with Crippen molar-refractivity contribution < 1.29 is 4.79 Å². The molecule has 1 aliphatic rings. The average molecular weight is 318 g/mol. The van der Waals surface area contributed by atoms with Crippen LogP contribution in [0.25, 0.3) is 0 Å². The van der Waals surface area contributed by atoms with Gasteiger partial charge in [0.2, 0.25) is 5.91 Å². The van der Waals surface area contributed by atoms with Gasteiger partial charge < -0.3 is 15.1 Å². The number of aromatic nitrogens is 1. The normalized spacial score (nSPS) is 15.9. The minimum atomic E-state index is 0.133.